The third-order valence-electron chi connectivity index (χ3n) is 4.50. The number of amides is 1. The highest BCUT2D eigenvalue weighted by Gasteiger charge is 2.29. The molecule has 0 unspecified atom stereocenters. The van der Waals surface area contributed by atoms with Crippen LogP contribution in [0.4, 0.5) is 5.69 Å². The van der Waals surface area contributed by atoms with E-state index in [0.29, 0.717) is 22.7 Å². The van der Waals surface area contributed by atoms with Gasteiger partial charge in [-0.1, -0.05) is 15.9 Å². The molecule has 0 atom stereocenters. The van der Waals surface area contributed by atoms with Gasteiger partial charge in [0, 0.05) is 23.1 Å². The fourth-order valence-electron chi connectivity index (χ4n) is 2.80. The van der Waals surface area contributed by atoms with E-state index < -0.39 is 15.9 Å². The van der Waals surface area contributed by atoms with Gasteiger partial charge in [0.2, 0.25) is 15.9 Å². The first-order valence-corrected chi connectivity index (χ1v) is 11.0. The van der Waals surface area contributed by atoms with Crippen LogP contribution in [-0.2, 0) is 14.8 Å². The summed E-state index contributed by atoms with van der Waals surface area (Å²) in [7, 11) is -2.38. The third kappa shape index (κ3) is 3.96. The molecule has 0 radical (unpaired) electrons. The molecule has 1 heterocycles. The van der Waals surface area contributed by atoms with Gasteiger partial charge in [-0.3, -0.25) is 4.79 Å². The van der Waals surface area contributed by atoms with Crippen LogP contribution in [0.25, 0.3) is 11.1 Å². The van der Waals surface area contributed by atoms with Crippen molar-refractivity contribution in [1.82, 2.24) is 9.29 Å². The van der Waals surface area contributed by atoms with Gasteiger partial charge < -0.3 is 9.73 Å². The lowest BCUT2D eigenvalue weighted by molar-refractivity contribution is -0.116. The number of oxazole rings is 1. The molecule has 2 aromatic carbocycles. The smallest absolute Gasteiger partial charge is 0.243 e. The number of carbonyl (C=O) groups is 1. The number of fused-ring (bicyclic) bond motifs is 1. The Kier molecular flexibility index (Phi) is 4.98. The standard InChI is InChI=1S/C19H18BrN3O4S/c1-23(28(25,26)15-7-4-13(20)5-8-15)11-18(24)21-14-6-9-17-16(10-14)22-19(27-17)12-2-3-12/h4-10,12H,2-3,11H2,1H3,(H,21,24). The molecule has 7 nitrogen and oxygen atoms in total. The van der Waals surface area contributed by atoms with Gasteiger partial charge in [0.25, 0.3) is 0 Å². The number of carbonyl (C=O) groups excluding carboxylic acids is 1. The molecule has 9 heteroatoms. The molecule has 1 amide bonds. The maximum Gasteiger partial charge on any atom is 0.243 e. The fourth-order valence-corrected chi connectivity index (χ4v) is 4.19. The van der Waals surface area contributed by atoms with Gasteiger partial charge in [-0.05, 0) is 55.3 Å². The van der Waals surface area contributed by atoms with E-state index in [4.69, 9.17) is 4.42 Å². The van der Waals surface area contributed by atoms with Gasteiger partial charge in [0.15, 0.2) is 11.5 Å². The number of benzene rings is 2. The second-order valence-electron chi connectivity index (χ2n) is 6.77. The van der Waals surface area contributed by atoms with E-state index in [-0.39, 0.29) is 11.4 Å². The number of halogens is 1. The van der Waals surface area contributed by atoms with Crippen molar-refractivity contribution in [2.75, 3.05) is 18.9 Å². The predicted octanol–water partition coefficient (Wildman–Crippen LogP) is 3.73. The highest BCUT2D eigenvalue weighted by atomic mass is 79.9. The molecule has 1 saturated carbocycles. The Labute approximate surface area is 170 Å². The predicted molar refractivity (Wildman–Crippen MR) is 109 cm³/mol. The molecule has 146 valence electrons. The van der Waals surface area contributed by atoms with Crippen LogP contribution >= 0.6 is 15.9 Å². The van der Waals surface area contributed by atoms with Crippen LogP contribution in [0.3, 0.4) is 0 Å². The van der Waals surface area contributed by atoms with Gasteiger partial charge >= 0.3 is 0 Å². The number of aromatic nitrogens is 1. The highest BCUT2D eigenvalue weighted by Crippen LogP contribution is 2.40. The van der Waals surface area contributed by atoms with Crippen molar-refractivity contribution in [2.45, 2.75) is 23.7 Å². The van der Waals surface area contributed by atoms with Crippen molar-refractivity contribution in [3.05, 3.63) is 52.8 Å². The quantitative estimate of drug-likeness (QED) is 0.600. The first kappa shape index (κ1) is 19.1. The Balaban J connectivity index is 1.44. The Bertz CT molecular complexity index is 1140. The van der Waals surface area contributed by atoms with Gasteiger partial charge in [-0.15, -0.1) is 0 Å². The minimum atomic E-state index is -3.75. The summed E-state index contributed by atoms with van der Waals surface area (Å²) in [4.78, 5) is 16.9. The largest absolute Gasteiger partial charge is 0.440 e. The number of nitrogens with zero attached hydrogens (tertiary/aromatic N) is 2. The zero-order valence-corrected chi connectivity index (χ0v) is 17.5. The highest BCUT2D eigenvalue weighted by molar-refractivity contribution is 9.10. The van der Waals surface area contributed by atoms with Crippen LogP contribution in [0.15, 0.2) is 56.2 Å². The zero-order valence-electron chi connectivity index (χ0n) is 15.1. The van der Waals surface area contributed by atoms with Crippen LogP contribution in [0.2, 0.25) is 0 Å². The summed E-state index contributed by atoms with van der Waals surface area (Å²) >= 11 is 3.27. The van der Waals surface area contributed by atoms with E-state index in [1.807, 2.05) is 0 Å². The molecule has 1 aliphatic rings. The lowest BCUT2D eigenvalue weighted by Gasteiger charge is -2.17. The monoisotopic (exact) mass is 463 g/mol. The molecule has 0 saturated heterocycles. The van der Waals surface area contributed by atoms with E-state index >= 15 is 0 Å². The molecule has 1 N–H and O–H groups in total. The molecule has 28 heavy (non-hydrogen) atoms. The molecular formula is C19H18BrN3O4S. The molecule has 0 bridgehead atoms. The SMILES string of the molecule is CN(CC(=O)Nc1ccc2oc(C3CC3)nc2c1)S(=O)(=O)c1ccc(Br)cc1. The summed E-state index contributed by atoms with van der Waals surface area (Å²) < 4.78 is 32.7. The van der Waals surface area contributed by atoms with E-state index in [1.165, 1.54) is 19.2 Å². The molecule has 1 aliphatic carbocycles. The van der Waals surface area contributed by atoms with Crippen LogP contribution in [0.1, 0.15) is 24.7 Å². The van der Waals surface area contributed by atoms with Crippen LogP contribution in [0, 0.1) is 0 Å². The normalized spacial score (nSPS) is 14.5. The summed E-state index contributed by atoms with van der Waals surface area (Å²) in [5.41, 5.74) is 1.90. The van der Waals surface area contributed by atoms with Crippen molar-refractivity contribution >= 4 is 48.6 Å². The molecular weight excluding hydrogens is 446 g/mol. The number of nitrogens with one attached hydrogen (secondary N) is 1. The zero-order chi connectivity index (χ0) is 19.9. The Hall–Kier alpha value is -2.23. The number of hydrogen-bond donors (Lipinski definition) is 1. The lowest BCUT2D eigenvalue weighted by Crippen LogP contribution is -2.34. The van der Waals surface area contributed by atoms with Crippen LogP contribution < -0.4 is 5.32 Å². The minimum Gasteiger partial charge on any atom is -0.440 e. The number of rotatable bonds is 6. The average molecular weight is 464 g/mol. The summed E-state index contributed by atoms with van der Waals surface area (Å²) in [6, 6.07) is 11.5. The van der Waals surface area contributed by atoms with E-state index in [9.17, 15) is 13.2 Å². The number of sulfonamides is 1. The number of anilines is 1. The van der Waals surface area contributed by atoms with Gasteiger partial charge in [0.05, 0.1) is 11.4 Å². The topological polar surface area (TPSA) is 92.5 Å². The van der Waals surface area contributed by atoms with Gasteiger partial charge in [-0.2, -0.15) is 4.31 Å². The molecule has 1 aromatic heterocycles. The summed E-state index contributed by atoms with van der Waals surface area (Å²) in [5, 5.41) is 2.72. The summed E-state index contributed by atoms with van der Waals surface area (Å²) in [6.45, 7) is -0.303. The molecule has 1 fully saturated rings. The first-order valence-electron chi connectivity index (χ1n) is 8.75. The van der Waals surface area contributed by atoms with E-state index in [1.54, 1.807) is 30.3 Å². The summed E-state index contributed by atoms with van der Waals surface area (Å²) in [5.74, 6) is 0.704. The third-order valence-corrected chi connectivity index (χ3v) is 6.85. The fraction of sp³-hybridized carbons (Fsp3) is 0.263. The second-order valence-corrected chi connectivity index (χ2v) is 9.73. The Morgan fingerprint density at radius 1 is 1.25 bits per heavy atom. The second kappa shape index (κ2) is 7.31. The van der Waals surface area contributed by atoms with Gasteiger partial charge in [-0.25, -0.2) is 13.4 Å². The van der Waals surface area contributed by atoms with Crippen LogP contribution in [-0.4, -0.2) is 37.2 Å². The van der Waals surface area contributed by atoms with E-state index in [0.717, 1.165) is 27.5 Å². The summed E-state index contributed by atoms with van der Waals surface area (Å²) in [6.07, 6.45) is 2.19. The molecule has 0 spiro atoms. The number of likely N-dealkylation sites (N-methyl/N-ethyl adjacent to an activating group) is 1. The minimum absolute atomic E-state index is 0.127. The van der Waals surface area contributed by atoms with Crippen molar-refractivity contribution in [3.8, 4) is 0 Å². The lowest BCUT2D eigenvalue weighted by atomic mass is 10.3. The van der Waals surface area contributed by atoms with Gasteiger partial charge in [0.1, 0.15) is 5.52 Å². The van der Waals surface area contributed by atoms with Crippen molar-refractivity contribution in [1.29, 1.82) is 0 Å². The maximum atomic E-state index is 12.6. The molecule has 3 aromatic rings. The Morgan fingerprint density at radius 3 is 2.64 bits per heavy atom. The number of hydrogen-bond acceptors (Lipinski definition) is 5. The van der Waals surface area contributed by atoms with Crippen molar-refractivity contribution in [3.63, 3.8) is 0 Å². The molecule has 4 rings (SSSR count). The first-order chi connectivity index (χ1) is 13.3. The maximum absolute atomic E-state index is 12.6. The van der Waals surface area contributed by atoms with E-state index in [2.05, 4.69) is 26.2 Å². The van der Waals surface area contributed by atoms with Crippen molar-refractivity contribution in [2.24, 2.45) is 0 Å². The average Bonchev–Trinajstić information content (AvgIpc) is 3.41. The molecule has 0 aliphatic heterocycles. The van der Waals surface area contributed by atoms with Crippen molar-refractivity contribution < 1.29 is 17.6 Å². The van der Waals surface area contributed by atoms with Crippen LogP contribution in [0.5, 0.6) is 0 Å². The Morgan fingerprint density at radius 2 is 1.96 bits per heavy atom.